The first-order valence-electron chi connectivity index (χ1n) is 10.3. The Morgan fingerprint density at radius 2 is 1.44 bits per heavy atom. The number of furan rings is 1. The van der Waals surface area contributed by atoms with Crippen LogP contribution in [0.4, 0.5) is 8.78 Å². The predicted molar refractivity (Wildman–Crippen MR) is 114 cm³/mol. The van der Waals surface area contributed by atoms with E-state index in [4.69, 9.17) is 4.42 Å². The molecular weight excluding hydrogens is 416 g/mol. The number of hydrogen-bond donors (Lipinski definition) is 1. The van der Waals surface area contributed by atoms with Crippen molar-refractivity contribution in [2.45, 2.75) is 6.04 Å². The number of benzene rings is 2. The van der Waals surface area contributed by atoms with E-state index in [0.29, 0.717) is 31.7 Å². The highest BCUT2D eigenvalue weighted by Crippen LogP contribution is 2.30. The molecular formula is C24H23F2N3O3. The van der Waals surface area contributed by atoms with Gasteiger partial charge >= 0.3 is 0 Å². The van der Waals surface area contributed by atoms with E-state index in [1.807, 2.05) is 0 Å². The molecule has 0 radical (unpaired) electrons. The predicted octanol–water partition coefficient (Wildman–Crippen LogP) is 3.22. The van der Waals surface area contributed by atoms with Gasteiger partial charge in [0.15, 0.2) is 0 Å². The normalized spacial score (nSPS) is 14.5. The van der Waals surface area contributed by atoms with Crippen LogP contribution in [0.3, 0.4) is 0 Å². The molecule has 1 N–H and O–H groups in total. The number of piperazine rings is 1. The Balaban J connectivity index is 1.40. The largest absolute Gasteiger partial charge is 0.472 e. The van der Waals surface area contributed by atoms with E-state index < -0.39 is 0 Å². The molecule has 0 saturated carbocycles. The van der Waals surface area contributed by atoms with E-state index in [9.17, 15) is 18.4 Å². The van der Waals surface area contributed by atoms with Crippen molar-refractivity contribution in [2.24, 2.45) is 0 Å². The van der Waals surface area contributed by atoms with E-state index in [0.717, 1.165) is 11.1 Å². The summed E-state index contributed by atoms with van der Waals surface area (Å²) >= 11 is 0. The summed E-state index contributed by atoms with van der Waals surface area (Å²) in [5.74, 6) is -1.17. The van der Waals surface area contributed by atoms with Crippen molar-refractivity contribution in [2.75, 3.05) is 32.7 Å². The number of carbonyl (C=O) groups is 2. The van der Waals surface area contributed by atoms with Crippen LogP contribution in [0.5, 0.6) is 0 Å². The summed E-state index contributed by atoms with van der Waals surface area (Å²) in [6.07, 6.45) is 2.72. The molecule has 1 aromatic heterocycles. The van der Waals surface area contributed by atoms with Gasteiger partial charge in [0.2, 0.25) is 5.91 Å². The fourth-order valence-electron chi connectivity index (χ4n) is 3.90. The molecule has 1 saturated heterocycles. The molecule has 0 aliphatic carbocycles. The van der Waals surface area contributed by atoms with Crippen LogP contribution >= 0.6 is 0 Å². The first kappa shape index (κ1) is 21.7. The Morgan fingerprint density at radius 1 is 0.875 bits per heavy atom. The average molecular weight is 439 g/mol. The second kappa shape index (κ2) is 9.74. The van der Waals surface area contributed by atoms with Gasteiger partial charge in [-0.3, -0.25) is 14.5 Å². The van der Waals surface area contributed by atoms with Gasteiger partial charge in [-0.15, -0.1) is 0 Å². The Hall–Kier alpha value is -3.52. The lowest BCUT2D eigenvalue weighted by molar-refractivity contribution is -0.132. The second-order valence-corrected chi connectivity index (χ2v) is 7.62. The number of halogens is 2. The Kier molecular flexibility index (Phi) is 6.61. The van der Waals surface area contributed by atoms with Crippen molar-refractivity contribution in [1.82, 2.24) is 15.1 Å². The van der Waals surface area contributed by atoms with Crippen LogP contribution in [0, 0.1) is 11.6 Å². The smallest absolute Gasteiger partial charge is 0.254 e. The molecule has 32 heavy (non-hydrogen) atoms. The number of nitrogens with zero attached hydrogens (tertiary/aromatic N) is 2. The number of nitrogens with one attached hydrogen (secondary N) is 1. The number of carbonyl (C=O) groups excluding carboxylic acids is 2. The van der Waals surface area contributed by atoms with Gasteiger partial charge in [0.05, 0.1) is 24.4 Å². The fraction of sp³-hybridized carbons (Fsp3) is 0.250. The van der Waals surface area contributed by atoms with Crippen molar-refractivity contribution in [1.29, 1.82) is 0 Å². The zero-order valence-electron chi connectivity index (χ0n) is 17.3. The third-order valence-corrected chi connectivity index (χ3v) is 5.59. The molecule has 0 spiro atoms. The molecule has 1 fully saturated rings. The molecule has 2 aromatic carbocycles. The number of amides is 2. The van der Waals surface area contributed by atoms with Crippen LogP contribution in [0.15, 0.2) is 71.5 Å². The molecule has 4 rings (SSSR count). The van der Waals surface area contributed by atoms with Gasteiger partial charge in [-0.2, -0.15) is 0 Å². The molecule has 0 atom stereocenters. The first-order valence-corrected chi connectivity index (χ1v) is 10.3. The van der Waals surface area contributed by atoms with Crippen LogP contribution in [0.25, 0.3) is 0 Å². The molecule has 2 amide bonds. The summed E-state index contributed by atoms with van der Waals surface area (Å²) in [5.41, 5.74) is 2.15. The molecule has 1 aliphatic rings. The van der Waals surface area contributed by atoms with Crippen LogP contribution in [-0.4, -0.2) is 54.3 Å². The van der Waals surface area contributed by atoms with E-state index in [-0.39, 0.29) is 36.0 Å². The summed E-state index contributed by atoms with van der Waals surface area (Å²) in [4.78, 5) is 28.4. The van der Waals surface area contributed by atoms with Gasteiger partial charge < -0.3 is 14.6 Å². The van der Waals surface area contributed by atoms with Gasteiger partial charge in [0.1, 0.15) is 17.9 Å². The number of hydrogen-bond acceptors (Lipinski definition) is 4. The maximum atomic E-state index is 13.5. The highest BCUT2D eigenvalue weighted by Gasteiger charge is 2.28. The second-order valence-electron chi connectivity index (χ2n) is 7.62. The standard InChI is InChI=1S/C24H23F2N3O3/c25-20-5-1-17(2-6-20)23(18-3-7-21(26)8-4-18)29-12-10-28(11-13-29)22(30)15-27-24(31)19-9-14-32-16-19/h1-9,14,16,23H,10-13,15H2,(H,27,31). The van der Waals surface area contributed by atoms with Crippen molar-refractivity contribution in [3.8, 4) is 0 Å². The zero-order valence-corrected chi connectivity index (χ0v) is 17.3. The number of rotatable bonds is 6. The molecule has 0 unspecified atom stereocenters. The first-order chi connectivity index (χ1) is 15.5. The maximum absolute atomic E-state index is 13.5. The van der Waals surface area contributed by atoms with E-state index in [1.54, 1.807) is 29.2 Å². The molecule has 3 aromatic rings. The Bertz CT molecular complexity index is 1000. The van der Waals surface area contributed by atoms with Gasteiger partial charge in [-0.25, -0.2) is 8.78 Å². The van der Waals surface area contributed by atoms with E-state index >= 15 is 0 Å². The lowest BCUT2D eigenvalue weighted by atomic mass is 9.96. The third kappa shape index (κ3) is 5.03. The van der Waals surface area contributed by atoms with Crippen LogP contribution in [0.2, 0.25) is 0 Å². The van der Waals surface area contributed by atoms with Crippen molar-refractivity contribution in [3.63, 3.8) is 0 Å². The lowest BCUT2D eigenvalue weighted by Crippen LogP contribution is -2.52. The van der Waals surface area contributed by atoms with Crippen molar-refractivity contribution >= 4 is 11.8 Å². The van der Waals surface area contributed by atoms with Gasteiger partial charge in [0, 0.05) is 26.2 Å². The van der Waals surface area contributed by atoms with Crippen molar-refractivity contribution in [3.05, 3.63) is 95.4 Å². The molecule has 8 heteroatoms. The summed E-state index contributed by atoms with van der Waals surface area (Å²) in [6, 6.07) is 13.9. The van der Waals surface area contributed by atoms with Crippen LogP contribution in [-0.2, 0) is 4.79 Å². The Labute approximate surface area is 184 Å². The zero-order chi connectivity index (χ0) is 22.5. The quantitative estimate of drug-likeness (QED) is 0.641. The summed E-state index contributed by atoms with van der Waals surface area (Å²) in [5, 5.41) is 2.60. The summed E-state index contributed by atoms with van der Waals surface area (Å²) in [6.45, 7) is 2.05. The minimum Gasteiger partial charge on any atom is -0.472 e. The maximum Gasteiger partial charge on any atom is 0.254 e. The SMILES string of the molecule is O=C(NCC(=O)N1CCN(C(c2ccc(F)cc2)c2ccc(F)cc2)CC1)c1ccoc1. The van der Waals surface area contributed by atoms with Gasteiger partial charge in [-0.1, -0.05) is 24.3 Å². The molecule has 0 bridgehead atoms. The van der Waals surface area contributed by atoms with E-state index in [1.165, 1.54) is 42.9 Å². The molecule has 166 valence electrons. The minimum absolute atomic E-state index is 0.0939. The monoisotopic (exact) mass is 439 g/mol. The average Bonchev–Trinajstić information content (AvgIpc) is 3.36. The van der Waals surface area contributed by atoms with Crippen LogP contribution in [0.1, 0.15) is 27.5 Å². The topological polar surface area (TPSA) is 65.8 Å². The van der Waals surface area contributed by atoms with Gasteiger partial charge in [0.25, 0.3) is 5.91 Å². The highest BCUT2D eigenvalue weighted by atomic mass is 19.1. The fourth-order valence-corrected chi connectivity index (χ4v) is 3.90. The summed E-state index contributed by atoms with van der Waals surface area (Å²) < 4.78 is 31.8. The summed E-state index contributed by atoms with van der Waals surface area (Å²) in [7, 11) is 0. The third-order valence-electron chi connectivity index (χ3n) is 5.59. The highest BCUT2D eigenvalue weighted by molar-refractivity contribution is 5.96. The van der Waals surface area contributed by atoms with Crippen molar-refractivity contribution < 1.29 is 22.8 Å². The van der Waals surface area contributed by atoms with E-state index in [2.05, 4.69) is 10.2 Å². The molecule has 2 heterocycles. The molecule has 6 nitrogen and oxygen atoms in total. The Morgan fingerprint density at radius 3 is 1.94 bits per heavy atom. The molecule has 1 aliphatic heterocycles. The van der Waals surface area contributed by atoms with Gasteiger partial charge in [-0.05, 0) is 41.5 Å². The lowest BCUT2D eigenvalue weighted by Gasteiger charge is -2.39. The van der Waals surface area contributed by atoms with Crippen LogP contribution < -0.4 is 5.32 Å². The minimum atomic E-state index is -0.363.